The molecule has 6 heteroatoms. The molecular weight excluding hydrogens is 284 g/mol. The van der Waals surface area contributed by atoms with Crippen LogP contribution in [0.25, 0.3) is 11.0 Å². The normalized spacial score (nSPS) is 12.2. The highest BCUT2D eigenvalue weighted by atomic mass is 35.5. The van der Waals surface area contributed by atoms with Gasteiger partial charge in [0.1, 0.15) is 5.82 Å². The lowest BCUT2D eigenvalue weighted by molar-refractivity contribution is 0.590. The van der Waals surface area contributed by atoms with Crippen molar-refractivity contribution in [1.82, 2.24) is 9.55 Å². The number of aromatic nitrogens is 2. The Labute approximate surface area is 118 Å². The quantitative estimate of drug-likeness (QED) is 0.797. The van der Waals surface area contributed by atoms with Gasteiger partial charge in [0.25, 0.3) is 0 Å². The number of benzene rings is 1. The minimum atomic E-state index is -2.99. The smallest absolute Gasteiger partial charge is 0.151 e. The third kappa shape index (κ3) is 2.92. The molecule has 0 bridgehead atoms. The lowest BCUT2D eigenvalue weighted by Gasteiger charge is -2.09. The first-order valence-corrected chi connectivity index (χ1v) is 8.55. The van der Waals surface area contributed by atoms with Crippen LogP contribution in [-0.2, 0) is 22.3 Å². The molecule has 0 aliphatic rings. The minimum Gasteiger partial charge on any atom is -0.326 e. The van der Waals surface area contributed by atoms with Gasteiger partial charge in [-0.15, -0.1) is 11.6 Å². The number of nitrogens with zero attached hydrogens (tertiary/aromatic N) is 2. The first-order chi connectivity index (χ1) is 8.98. The van der Waals surface area contributed by atoms with Crippen molar-refractivity contribution in [3.63, 3.8) is 0 Å². The van der Waals surface area contributed by atoms with Gasteiger partial charge in [-0.05, 0) is 18.6 Å². The zero-order valence-electron chi connectivity index (χ0n) is 11.1. The fourth-order valence-corrected chi connectivity index (χ4v) is 3.08. The molecule has 2 aromatic rings. The highest BCUT2D eigenvalue weighted by Crippen LogP contribution is 2.21. The lowest BCUT2D eigenvalue weighted by atomic mass is 10.2. The number of alkyl halides is 1. The van der Waals surface area contributed by atoms with Gasteiger partial charge >= 0.3 is 0 Å². The van der Waals surface area contributed by atoms with Crippen LogP contribution in [0.4, 0.5) is 0 Å². The van der Waals surface area contributed by atoms with E-state index in [0.29, 0.717) is 6.54 Å². The Balaban J connectivity index is 2.46. The van der Waals surface area contributed by atoms with Crippen molar-refractivity contribution in [2.45, 2.75) is 26.3 Å². The molecule has 1 heterocycles. The van der Waals surface area contributed by atoms with Crippen molar-refractivity contribution in [1.29, 1.82) is 0 Å². The van der Waals surface area contributed by atoms with Crippen LogP contribution in [0.2, 0.25) is 0 Å². The van der Waals surface area contributed by atoms with Gasteiger partial charge in [-0.1, -0.05) is 19.1 Å². The van der Waals surface area contributed by atoms with Gasteiger partial charge in [0.05, 0.1) is 22.7 Å². The fourth-order valence-electron chi connectivity index (χ4n) is 2.13. The fraction of sp³-hybridized carbons (Fsp3) is 0.462. The molecule has 0 atom stereocenters. The third-order valence-electron chi connectivity index (χ3n) is 3.23. The molecular formula is C13H17ClN2O2S. The first kappa shape index (κ1) is 14.3. The maximum atomic E-state index is 11.6. The summed E-state index contributed by atoms with van der Waals surface area (Å²) in [7, 11) is -2.99. The average molecular weight is 301 g/mol. The van der Waals surface area contributed by atoms with Gasteiger partial charge in [0, 0.05) is 12.3 Å². The molecule has 0 aliphatic carbocycles. The summed E-state index contributed by atoms with van der Waals surface area (Å²) >= 11 is 5.91. The zero-order chi connectivity index (χ0) is 14.0. The molecule has 4 nitrogen and oxygen atoms in total. The number of rotatable bonds is 5. The number of hydrogen-bond donors (Lipinski definition) is 0. The standard InChI is InChI=1S/C13H17ClN2O2S/c1-3-19(17,18)8-7-16-12(9-14)15-11-6-4-5-10(2)13(11)16/h4-6H,3,7-9H2,1-2H3. The van der Waals surface area contributed by atoms with Crippen LogP contribution in [0.1, 0.15) is 18.3 Å². The van der Waals surface area contributed by atoms with Gasteiger partial charge in [-0.3, -0.25) is 0 Å². The number of hydrogen-bond acceptors (Lipinski definition) is 3. The highest BCUT2D eigenvalue weighted by Gasteiger charge is 2.14. The molecule has 0 N–H and O–H groups in total. The Morgan fingerprint density at radius 2 is 2.11 bits per heavy atom. The summed E-state index contributed by atoms with van der Waals surface area (Å²) < 4.78 is 25.2. The summed E-state index contributed by atoms with van der Waals surface area (Å²) in [6, 6.07) is 5.85. The second kappa shape index (κ2) is 5.51. The summed E-state index contributed by atoms with van der Waals surface area (Å²) in [5.41, 5.74) is 2.92. The van der Waals surface area contributed by atoms with Crippen molar-refractivity contribution in [2.75, 3.05) is 11.5 Å². The molecule has 1 aromatic heterocycles. The molecule has 0 radical (unpaired) electrons. The van der Waals surface area contributed by atoms with E-state index < -0.39 is 9.84 Å². The van der Waals surface area contributed by atoms with Crippen LogP contribution < -0.4 is 0 Å². The van der Waals surface area contributed by atoms with Crippen molar-refractivity contribution >= 4 is 32.5 Å². The topological polar surface area (TPSA) is 52.0 Å². The van der Waals surface area contributed by atoms with E-state index in [0.717, 1.165) is 22.4 Å². The SMILES string of the molecule is CCS(=O)(=O)CCn1c(CCl)nc2cccc(C)c21. The Bertz CT molecular complexity index is 692. The average Bonchev–Trinajstić information content (AvgIpc) is 2.76. The number of aryl methyl sites for hydroxylation is 2. The number of halogens is 1. The number of sulfone groups is 1. The minimum absolute atomic E-state index is 0.118. The summed E-state index contributed by atoms with van der Waals surface area (Å²) in [5.74, 6) is 1.28. The molecule has 0 aliphatic heterocycles. The lowest BCUT2D eigenvalue weighted by Crippen LogP contribution is -2.16. The van der Waals surface area contributed by atoms with Gasteiger partial charge in [-0.2, -0.15) is 0 Å². The van der Waals surface area contributed by atoms with Crippen LogP contribution in [0.15, 0.2) is 18.2 Å². The maximum absolute atomic E-state index is 11.6. The van der Waals surface area contributed by atoms with Crippen molar-refractivity contribution in [2.24, 2.45) is 0 Å². The number of para-hydroxylation sites is 1. The highest BCUT2D eigenvalue weighted by molar-refractivity contribution is 7.91. The van der Waals surface area contributed by atoms with Crippen molar-refractivity contribution < 1.29 is 8.42 Å². The van der Waals surface area contributed by atoms with E-state index in [-0.39, 0.29) is 17.4 Å². The van der Waals surface area contributed by atoms with E-state index in [2.05, 4.69) is 4.98 Å². The van der Waals surface area contributed by atoms with Crippen LogP contribution >= 0.6 is 11.6 Å². The second-order valence-electron chi connectivity index (χ2n) is 4.49. The van der Waals surface area contributed by atoms with Gasteiger partial charge in [-0.25, -0.2) is 13.4 Å². The molecule has 0 fully saturated rings. The van der Waals surface area contributed by atoms with E-state index in [4.69, 9.17) is 11.6 Å². The molecule has 104 valence electrons. The summed E-state index contributed by atoms with van der Waals surface area (Å²) in [4.78, 5) is 4.45. The molecule has 0 unspecified atom stereocenters. The summed E-state index contributed by atoms with van der Waals surface area (Å²) in [5, 5.41) is 0. The predicted molar refractivity (Wildman–Crippen MR) is 78.4 cm³/mol. The number of fused-ring (bicyclic) bond motifs is 1. The Morgan fingerprint density at radius 1 is 1.37 bits per heavy atom. The summed E-state index contributed by atoms with van der Waals surface area (Å²) in [6.07, 6.45) is 0. The Hall–Kier alpha value is -1.07. The van der Waals surface area contributed by atoms with Gasteiger partial charge in [0.15, 0.2) is 9.84 Å². The Morgan fingerprint density at radius 3 is 2.74 bits per heavy atom. The molecule has 19 heavy (non-hydrogen) atoms. The largest absolute Gasteiger partial charge is 0.326 e. The zero-order valence-corrected chi connectivity index (χ0v) is 12.6. The third-order valence-corrected chi connectivity index (χ3v) is 5.16. The van der Waals surface area contributed by atoms with E-state index in [1.807, 2.05) is 29.7 Å². The van der Waals surface area contributed by atoms with E-state index in [1.54, 1.807) is 6.92 Å². The van der Waals surface area contributed by atoms with E-state index in [1.165, 1.54) is 0 Å². The monoisotopic (exact) mass is 300 g/mol. The molecule has 0 amide bonds. The van der Waals surface area contributed by atoms with E-state index >= 15 is 0 Å². The van der Waals surface area contributed by atoms with Gasteiger partial charge < -0.3 is 4.57 Å². The predicted octanol–water partition coefficient (Wildman–Crippen LogP) is 2.52. The van der Waals surface area contributed by atoms with Crippen LogP contribution in [0.5, 0.6) is 0 Å². The van der Waals surface area contributed by atoms with Crippen LogP contribution in [-0.4, -0.2) is 29.5 Å². The first-order valence-electron chi connectivity index (χ1n) is 6.19. The van der Waals surface area contributed by atoms with Crippen LogP contribution in [0, 0.1) is 6.92 Å². The van der Waals surface area contributed by atoms with E-state index in [9.17, 15) is 8.42 Å². The van der Waals surface area contributed by atoms with Crippen LogP contribution in [0.3, 0.4) is 0 Å². The van der Waals surface area contributed by atoms with Gasteiger partial charge in [0.2, 0.25) is 0 Å². The summed E-state index contributed by atoms with van der Waals surface area (Å²) in [6.45, 7) is 4.06. The molecule has 0 spiro atoms. The maximum Gasteiger partial charge on any atom is 0.151 e. The van der Waals surface area contributed by atoms with Crippen molar-refractivity contribution in [3.05, 3.63) is 29.6 Å². The Kier molecular flexibility index (Phi) is 4.16. The molecule has 0 saturated heterocycles. The molecule has 1 aromatic carbocycles. The number of imidazole rings is 1. The molecule has 2 rings (SSSR count). The molecule has 0 saturated carbocycles. The second-order valence-corrected chi connectivity index (χ2v) is 7.23. The van der Waals surface area contributed by atoms with Crippen molar-refractivity contribution in [3.8, 4) is 0 Å².